The van der Waals surface area contributed by atoms with Gasteiger partial charge in [0.15, 0.2) is 11.5 Å². The van der Waals surface area contributed by atoms with Crippen LogP contribution in [0.25, 0.3) is 11.4 Å². The molecule has 2 atom stereocenters. The minimum atomic E-state index is -0.521. The third-order valence-corrected chi connectivity index (χ3v) is 11.2. The summed E-state index contributed by atoms with van der Waals surface area (Å²) in [4.78, 5) is 36.1. The lowest BCUT2D eigenvalue weighted by Crippen LogP contribution is -2.30. The first-order chi connectivity index (χ1) is 26.8. The number of nitrogens with one attached hydrogen (secondary N) is 1. The maximum Gasteiger partial charge on any atom is 0.161 e. The fraction of sp³-hybridized carbons (Fsp3) is 0.348. The molecular weight excluding hydrogens is 691 g/mol. The van der Waals surface area contributed by atoms with Crippen molar-refractivity contribution in [1.29, 1.82) is 0 Å². The number of aliphatic hydroxyl groups is 1. The first kappa shape index (κ1) is 37.8. The van der Waals surface area contributed by atoms with Gasteiger partial charge in [0.25, 0.3) is 0 Å². The molecule has 3 aromatic carbocycles. The van der Waals surface area contributed by atoms with Crippen molar-refractivity contribution in [2.45, 2.75) is 76.5 Å². The minimum absolute atomic E-state index is 0.0715. The van der Waals surface area contributed by atoms with Crippen molar-refractivity contribution >= 4 is 23.5 Å². The number of methoxy groups -OCH3 is 1. The molecule has 0 saturated carbocycles. The summed E-state index contributed by atoms with van der Waals surface area (Å²) in [5.74, 6) is 0.517. The van der Waals surface area contributed by atoms with Gasteiger partial charge in [0, 0.05) is 30.9 Å². The van der Waals surface area contributed by atoms with E-state index in [0.717, 1.165) is 88.1 Å². The molecule has 0 spiro atoms. The van der Waals surface area contributed by atoms with E-state index in [1.54, 1.807) is 24.4 Å². The molecule has 2 aliphatic rings. The number of hydrogen-bond acceptors (Lipinski definition) is 6. The van der Waals surface area contributed by atoms with Crippen LogP contribution in [0.3, 0.4) is 0 Å². The predicted molar refractivity (Wildman–Crippen MR) is 213 cm³/mol. The van der Waals surface area contributed by atoms with Crippen LogP contribution in [0, 0.1) is 5.92 Å². The lowest BCUT2D eigenvalue weighted by atomic mass is 9.71. The van der Waals surface area contributed by atoms with Gasteiger partial charge < -0.3 is 35.3 Å². The Morgan fingerprint density at radius 2 is 1.73 bits per heavy atom. The van der Waals surface area contributed by atoms with Crippen LogP contribution >= 0.6 is 0 Å². The monoisotopic (exact) mass is 739 g/mol. The number of ketones is 2. The number of phenols is 2. The summed E-state index contributed by atoms with van der Waals surface area (Å²) in [6, 6.07) is 21.4. The van der Waals surface area contributed by atoms with E-state index in [9.17, 15) is 24.9 Å². The molecule has 7 rings (SSSR count). The largest absolute Gasteiger partial charge is 0.664 e. The van der Waals surface area contributed by atoms with Crippen LogP contribution < -0.4 is 9.72 Å². The highest BCUT2D eigenvalue weighted by molar-refractivity contribution is 6.02. The number of ether oxygens (including phenoxy) is 1. The van der Waals surface area contributed by atoms with Crippen molar-refractivity contribution in [3.63, 3.8) is 0 Å². The van der Waals surface area contributed by atoms with Crippen LogP contribution in [-0.4, -0.2) is 52.1 Å². The van der Waals surface area contributed by atoms with Gasteiger partial charge in [0.2, 0.25) is 0 Å². The molecule has 5 aromatic rings. The molecule has 9 nitrogen and oxygen atoms in total. The zero-order valence-corrected chi connectivity index (χ0v) is 31.4. The number of aromatic nitrogens is 2. The van der Waals surface area contributed by atoms with E-state index < -0.39 is 5.92 Å². The summed E-state index contributed by atoms with van der Waals surface area (Å²) in [7, 11) is 1.52. The van der Waals surface area contributed by atoms with Crippen LogP contribution in [0.1, 0.15) is 94.6 Å². The van der Waals surface area contributed by atoms with Crippen LogP contribution in [0.15, 0.2) is 84.7 Å². The number of carbonyl (C=O) groups excluding carboxylic acids is 2. The molecule has 2 unspecified atom stereocenters. The smallest absolute Gasteiger partial charge is 0.161 e. The Balaban J connectivity index is 1.22. The van der Waals surface area contributed by atoms with Gasteiger partial charge in [-0.25, -0.2) is 0 Å². The van der Waals surface area contributed by atoms with Crippen molar-refractivity contribution in [1.82, 2.24) is 9.97 Å². The first-order valence-corrected chi connectivity index (χ1v) is 19.4. The third-order valence-electron chi connectivity index (χ3n) is 11.2. The Kier molecular flexibility index (Phi) is 11.9. The molecule has 286 valence electrons. The van der Waals surface area contributed by atoms with Gasteiger partial charge in [-0.3, -0.25) is 9.59 Å². The van der Waals surface area contributed by atoms with Crippen molar-refractivity contribution in [2.24, 2.45) is 5.92 Å². The lowest BCUT2D eigenvalue weighted by molar-refractivity contribution is -0.129. The topological polar surface area (TPSA) is 148 Å². The summed E-state index contributed by atoms with van der Waals surface area (Å²) in [5, 5.41) is 35.8. The zero-order chi connectivity index (χ0) is 38.3. The van der Waals surface area contributed by atoms with Crippen LogP contribution in [-0.2, 0) is 41.7 Å². The second kappa shape index (κ2) is 17.3. The molecule has 1 aliphatic heterocycles. The number of phenolic OH excluding ortho intramolecular Hbond substituents is 2. The highest BCUT2D eigenvalue weighted by Crippen LogP contribution is 2.44. The number of aromatic amines is 1. The number of Topliss-reactive ketones (excluding diaryl/α,β-unsaturated/α-hetero) is 2. The standard InChI is InChI=1S/C46H49N3O6/c1-55-43-24-31-12-14-38(52)27-42(53)44-36(26-41-39(16-18-47-41)40(44)10-3-2-6-29-7-4-9-37(51)23-29)28-49-46-33(15-17-48-46)25-34-20-30(21-35(22-31)45(43)54)11-13-32(34)8-5-19-50/h4,7,9,11,13,15-18,20,22-24,26,40,44,48,50-51,54H,2-3,5-6,8,10,12,14,19,21,25,27-28H2,1H3/q-2. The number of aliphatic hydroxyl groups excluding tert-OH is 1. The molecule has 0 saturated heterocycles. The molecule has 9 heteroatoms. The number of benzene rings is 3. The van der Waals surface area contributed by atoms with E-state index in [-0.39, 0.29) is 55.0 Å². The third kappa shape index (κ3) is 8.89. The van der Waals surface area contributed by atoms with Crippen molar-refractivity contribution in [3.8, 4) is 17.2 Å². The van der Waals surface area contributed by atoms with E-state index in [4.69, 9.17) is 10.1 Å². The van der Waals surface area contributed by atoms with E-state index >= 15 is 0 Å². The quantitative estimate of drug-likeness (QED) is 0.0880. The Labute approximate surface area is 322 Å². The number of nitrogens with zero attached hydrogens (tertiary/aromatic N) is 2. The molecule has 4 bridgehead atoms. The molecule has 0 fully saturated rings. The Morgan fingerprint density at radius 1 is 0.855 bits per heavy atom. The van der Waals surface area contributed by atoms with Gasteiger partial charge in [0.05, 0.1) is 13.5 Å². The first-order valence-electron chi connectivity index (χ1n) is 19.4. The summed E-state index contributed by atoms with van der Waals surface area (Å²) in [6.45, 7) is 0.384. The number of carbonyl (C=O) groups is 2. The maximum absolute atomic E-state index is 14.4. The molecule has 55 heavy (non-hydrogen) atoms. The fourth-order valence-corrected chi connectivity index (χ4v) is 8.38. The molecule has 2 aromatic heterocycles. The summed E-state index contributed by atoms with van der Waals surface area (Å²) in [6.07, 6.45) is 11.8. The normalized spacial score (nSPS) is 17.5. The van der Waals surface area contributed by atoms with E-state index in [0.29, 0.717) is 37.0 Å². The number of hydrogen-bond donors (Lipinski definition) is 4. The van der Waals surface area contributed by atoms with Gasteiger partial charge >= 0.3 is 0 Å². The van der Waals surface area contributed by atoms with Crippen LogP contribution in [0.4, 0.5) is 5.82 Å². The molecular formula is C46H49N3O6-2. The molecule has 0 radical (unpaired) electrons. The average molecular weight is 740 g/mol. The predicted octanol–water partition coefficient (Wildman–Crippen LogP) is 8.19. The van der Waals surface area contributed by atoms with Crippen molar-refractivity contribution < 1.29 is 29.6 Å². The highest BCUT2D eigenvalue weighted by atomic mass is 16.5. The molecule has 0 amide bonds. The minimum Gasteiger partial charge on any atom is -0.664 e. The summed E-state index contributed by atoms with van der Waals surface area (Å²) >= 11 is 0. The Hall–Kier alpha value is -5.54. The van der Waals surface area contributed by atoms with Gasteiger partial charge in [-0.15, -0.1) is 5.69 Å². The average Bonchev–Trinajstić information content (AvgIpc) is 3.84. The second-order valence-corrected chi connectivity index (χ2v) is 14.9. The van der Waals surface area contributed by atoms with Gasteiger partial charge in [0.1, 0.15) is 17.3 Å². The molecule has 4 N–H and O–H groups in total. The van der Waals surface area contributed by atoms with Crippen molar-refractivity contribution in [2.75, 3.05) is 20.3 Å². The van der Waals surface area contributed by atoms with Gasteiger partial charge in [-0.05, 0) is 109 Å². The summed E-state index contributed by atoms with van der Waals surface area (Å²) < 4.78 is 5.56. The maximum atomic E-state index is 14.4. The summed E-state index contributed by atoms with van der Waals surface area (Å²) in [5.41, 5.74) is 9.67. The number of fused-ring (bicyclic) bond motifs is 7. The zero-order valence-electron chi connectivity index (χ0n) is 31.4. The molecule has 1 aliphatic carbocycles. The number of aryl methyl sites for hydroxylation is 3. The highest BCUT2D eigenvalue weighted by Gasteiger charge is 2.35. The van der Waals surface area contributed by atoms with Gasteiger partial charge in [-0.2, -0.15) is 6.20 Å². The number of unbranched alkanes of at least 4 members (excludes halogenated alkanes) is 1. The van der Waals surface area contributed by atoms with E-state index in [2.05, 4.69) is 28.2 Å². The number of aromatic hydroxyl groups is 2. The number of rotatable bonds is 9. The van der Waals surface area contributed by atoms with E-state index in [1.807, 2.05) is 42.6 Å². The Bertz CT molecular complexity index is 2180. The molecule has 3 heterocycles. The lowest BCUT2D eigenvalue weighted by Gasteiger charge is -2.36. The van der Waals surface area contributed by atoms with E-state index in [1.165, 1.54) is 7.11 Å². The van der Waals surface area contributed by atoms with Crippen LogP contribution in [0.2, 0.25) is 0 Å². The fourth-order valence-electron chi connectivity index (χ4n) is 8.38. The number of H-pyrrole nitrogens is 1. The van der Waals surface area contributed by atoms with Crippen LogP contribution in [0.5, 0.6) is 17.2 Å². The Morgan fingerprint density at radius 3 is 2.56 bits per heavy atom. The SMILES string of the molecule is COc1cc2cc(c1O)Cc1ccc(CCCO)c(c1)Cc1cc[nH]c1[N-]CC1=Cc3[n-]ccc3C(CCCCc3cccc(O)c3)C1C(=O)CC(=O)CC2. The van der Waals surface area contributed by atoms with Gasteiger partial charge in [-0.1, -0.05) is 84.2 Å². The van der Waals surface area contributed by atoms with Crippen molar-refractivity contribution in [3.05, 3.63) is 140 Å². The second-order valence-electron chi connectivity index (χ2n) is 14.9.